The zero-order chi connectivity index (χ0) is 17.7. The normalized spacial score (nSPS) is 15.4. The van der Waals surface area contributed by atoms with Gasteiger partial charge in [0.25, 0.3) is 0 Å². The van der Waals surface area contributed by atoms with Gasteiger partial charge in [-0.3, -0.25) is 14.9 Å². The minimum atomic E-state index is -4.40. The molecule has 8 heteroatoms. The molecule has 2 amide bonds. The van der Waals surface area contributed by atoms with Crippen LogP contribution in [0.2, 0.25) is 0 Å². The van der Waals surface area contributed by atoms with Gasteiger partial charge in [-0.1, -0.05) is 13.8 Å². The summed E-state index contributed by atoms with van der Waals surface area (Å²) in [6.45, 7) is 8.87. The minimum Gasteiger partial charge on any atom is -0.350 e. The van der Waals surface area contributed by atoms with E-state index in [0.717, 1.165) is 0 Å². The Kier molecular flexibility index (Phi) is 7.34. The molecule has 0 radical (unpaired) electrons. The highest BCUT2D eigenvalue weighted by Crippen LogP contribution is 2.14. The van der Waals surface area contributed by atoms with E-state index in [1.165, 1.54) is 6.92 Å². The summed E-state index contributed by atoms with van der Waals surface area (Å²) >= 11 is 0. The van der Waals surface area contributed by atoms with Gasteiger partial charge in [0, 0.05) is 5.54 Å². The van der Waals surface area contributed by atoms with Crippen LogP contribution in [0, 0.1) is 5.92 Å². The van der Waals surface area contributed by atoms with Gasteiger partial charge in [-0.05, 0) is 33.6 Å². The molecule has 0 heterocycles. The summed E-state index contributed by atoms with van der Waals surface area (Å²) in [6, 6.07) is -1.85. The molecule has 0 aromatic heterocycles. The average molecular weight is 325 g/mol. The van der Waals surface area contributed by atoms with Crippen LogP contribution in [0.5, 0.6) is 0 Å². The van der Waals surface area contributed by atoms with E-state index >= 15 is 0 Å². The van der Waals surface area contributed by atoms with E-state index in [1.807, 2.05) is 0 Å². The summed E-state index contributed by atoms with van der Waals surface area (Å²) in [5.74, 6) is -1.37. The zero-order valence-corrected chi connectivity index (χ0v) is 13.9. The lowest BCUT2D eigenvalue weighted by atomic mass is 10.0. The predicted molar refractivity (Wildman–Crippen MR) is 78.2 cm³/mol. The first-order valence-electron chi connectivity index (χ1n) is 7.15. The summed E-state index contributed by atoms with van der Waals surface area (Å²) in [5.41, 5.74) is -0.456. The van der Waals surface area contributed by atoms with Gasteiger partial charge in [0.05, 0.1) is 12.6 Å². The third-order valence-electron chi connectivity index (χ3n) is 2.72. The van der Waals surface area contributed by atoms with Crippen molar-refractivity contribution in [3.63, 3.8) is 0 Å². The van der Waals surface area contributed by atoms with Gasteiger partial charge in [-0.15, -0.1) is 0 Å². The highest BCUT2D eigenvalue weighted by Gasteiger charge is 2.32. The number of nitrogens with one attached hydrogen (secondary N) is 3. The second-order valence-corrected chi connectivity index (χ2v) is 6.69. The summed E-state index contributed by atoms with van der Waals surface area (Å²) in [7, 11) is 0. The Balaban J connectivity index is 4.66. The standard InChI is InChI=1S/C14H26F3N3O2/c1-8(2)10(18-7-14(15,16)17)12(22)19-9(3)11(21)20-13(4,5)6/h8-10,18H,7H2,1-6H3,(H,19,22)(H,20,21). The fraction of sp³-hybridized carbons (Fsp3) is 0.857. The van der Waals surface area contributed by atoms with Gasteiger partial charge < -0.3 is 10.6 Å². The maximum atomic E-state index is 12.3. The topological polar surface area (TPSA) is 70.2 Å². The molecule has 0 aliphatic carbocycles. The fourth-order valence-corrected chi connectivity index (χ4v) is 1.70. The largest absolute Gasteiger partial charge is 0.401 e. The molecule has 0 rings (SSSR count). The molecular weight excluding hydrogens is 299 g/mol. The number of amides is 2. The maximum absolute atomic E-state index is 12.3. The summed E-state index contributed by atoms with van der Waals surface area (Å²) in [4.78, 5) is 23.9. The minimum absolute atomic E-state index is 0.347. The molecule has 2 atom stereocenters. The highest BCUT2D eigenvalue weighted by molar-refractivity contribution is 5.89. The average Bonchev–Trinajstić information content (AvgIpc) is 2.24. The van der Waals surface area contributed by atoms with Crippen molar-refractivity contribution >= 4 is 11.8 Å². The Morgan fingerprint density at radius 3 is 1.86 bits per heavy atom. The van der Waals surface area contributed by atoms with Crippen LogP contribution >= 0.6 is 0 Å². The van der Waals surface area contributed by atoms with E-state index in [9.17, 15) is 22.8 Å². The second-order valence-electron chi connectivity index (χ2n) is 6.69. The molecule has 22 heavy (non-hydrogen) atoms. The Morgan fingerprint density at radius 2 is 1.50 bits per heavy atom. The van der Waals surface area contributed by atoms with E-state index in [4.69, 9.17) is 0 Å². The summed E-state index contributed by atoms with van der Waals surface area (Å²) in [5, 5.41) is 7.32. The lowest BCUT2D eigenvalue weighted by molar-refractivity contribution is -0.136. The van der Waals surface area contributed by atoms with Crippen molar-refractivity contribution in [2.45, 2.75) is 65.3 Å². The molecule has 3 N–H and O–H groups in total. The van der Waals surface area contributed by atoms with Crippen LogP contribution in [0.25, 0.3) is 0 Å². The van der Waals surface area contributed by atoms with E-state index < -0.39 is 36.3 Å². The highest BCUT2D eigenvalue weighted by atomic mass is 19.4. The summed E-state index contributed by atoms with van der Waals surface area (Å²) in [6.07, 6.45) is -4.40. The summed E-state index contributed by atoms with van der Waals surface area (Å²) < 4.78 is 36.8. The number of halogens is 3. The molecule has 0 aliphatic rings. The first-order valence-corrected chi connectivity index (χ1v) is 7.15. The third kappa shape index (κ3) is 8.86. The van der Waals surface area contributed by atoms with Crippen molar-refractivity contribution in [2.75, 3.05) is 6.54 Å². The Morgan fingerprint density at radius 1 is 1.00 bits per heavy atom. The lowest BCUT2D eigenvalue weighted by Crippen LogP contribution is -2.56. The molecular formula is C14H26F3N3O2. The van der Waals surface area contributed by atoms with Gasteiger partial charge in [-0.25, -0.2) is 0 Å². The molecule has 0 saturated heterocycles. The molecule has 0 aromatic rings. The Hall–Kier alpha value is -1.31. The molecule has 130 valence electrons. The van der Waals surface area contributed by atoms with Gasteiger partial charge in [0.2, 0.25) is 11.8 Å². The van der Waals surface area contributed by atoms with Gasteiger partial charge in [0.1, 0.15) is 6.04 Å². The molecule has 0 saturated carbocycles. The van der Waals surface area contributed by atoms with Crippen LogP contribution in [-0.4, -0.2) is 42.2 Å². The molecule has 0 bridgehead atoms. The number of alkyl halides is 3. The van der Waals surface area contributed by atoms with Crippen molar-refractivity contribution in [3.05, 3.63) is 0 Å². The van der Waals surface area contributed by atoms with Crippen LogP contribution < -0.4 is 16.0 Å². The van der Waals surface area contributed by atoms with Crippen LogP contribution in [0.3, 0.4) is 0 Å². The SMILES string of the molecule is CC(NC(=O)C(NCC(F)(F)F)C(C)C)C(=O)NC(C)(C)C. The van der Waals surface area contributed by atoms with Crippen LogP contribution in [-0.2, 0) is 9.59 Å². The van der Waals surface area contributed by atoms with Gasteiger partial charge in [0.15, 0.2) is 0 Å². The monoisotopic (exact) mass is 325 g/mol. The fourth-order valence-electron chi connectivity index (χ4n) is 1.70. The number of carbonyl (C=O) groups is 2. The van der Waals surface area contributed by atoms with Crippen molar-refractivity contribution in [1.29, 1.82) is 0 Å². The Bertz CT molecular complexity index is 390. The van der Waals surface area contributed by atoms with Gasteiger partial charge >= 0.3 is 6.18 Å². The third-order valence-corrected chi connectivity index (χ3v) is 2.72. The lowest BCUT2D eigenvalue weighted by Gasteiger charge is -2.26. The number of carbonyl (C=O) groups excluding carboxylic acids is 2. The van der Waals surface area contributed by atoms with E-state index in [2.05, 4.69) is 16.0 Å². The molecule has 0 fully saturated rings. The molecule has 0 aliphatic heterocycles. The number of hydrogen-bond acceptors (Lipinski definition) is 3. The van der Waals surface area contributed by atoms with Crippen LogP contribution in [0.1, 0.15) is 41.5 Å². The van der Waals surface area contributed by atoms with Crippen molar-refractivity contribution in [3.8, 4) is 0 Å². The molecule has 0 spiro atoms. The molecule has 2 unspecified atom stereocenters. The van der Waals surface area contributed by atoms with E-state index in [0.29, 0.717) is 0 Å². The number of hydrogen-bond donors (Lipinski definition) is 3. The van der Waals surface area contributed by atoms with Crippen molar-refractivity contribution in [2.24, 2.45) is 5.92 Å². The zero-order valence-electron chi connectivity index (χ0n) is 13.9. The first kappa shape index (κ1) is 20.7. The smallest absolute Gasteiger partial charge is 0.350 e. The van der Waals surface area contributed by atoms with Crippen molar-refractivity contribution < 1.29 is 22.8 Å². The quantitative estimate of drug-likeness (QED) is 0.694. The van der Waals surface area contributed by atoms with Crippen LogP contribution in [0.4, 0.5) is 13.2 Å². The first-order chi connectivity index (χ1) is 9.73. The van der Waals surface area contributed by atoms with Gasteiger partial charge in [-0.2, -0.15) is 13.2 Å². The molecule has 0 aromatic carbocycles. The Labute approximate surface area is 129 Å². The van der Waals surface area contributed by atoms with Crippen molar-refractivity contribution in [1.82, 2.24) is 16.0 Å². The van der Waals surface area contributed by atoms with E-state index in [1.54, 1.807) is 34.6 Å². The molecule has 5 nitrogen and oxygen atoms in total. The predicted octanol–water partition coefficient (Wildman–Crippen LogP) is 1.58. The van der Waals surface area contributed by atoms with Crippen LogP contribution in [0.15, 0.2) is 0 Å². The second kappa shape index (κ2) is 7.80. The maximum Gasteiger partial charge on any atom is 0.401 e. The van der Waals surface area contributed by atoms with E-state index in [-0.39, 0.29) is 11.8 Å². The number of rotatable bonds is 6.